The van der Waals surface area contributed by atoms with Crippen molar-refractivity contribution in [2.75, 3.05) is 5.73 Å². The van der Waals surface area contributed by atoms with Gasteiger partial charge in [-0.15, -0.1) is 0 Å². The van der Waals surface area contributed by atoms with Gasteiger partial charge < -0.3 is 15.0 Å². The minimum Gasteiger partial charge on any atom is -0.453 e. The van der Waals surface area contributed by atoms with Gasteiger partial charge in [0.25, 0.3) is 5.56 Å². The van der Waals surface area contributed by atoms with Crippen LogP contribution in [-0.4, -0.2) is 4.57 Å². The highest BCUT2D eigenvalue weighted by molar-refractivity contribution is 6.37. The SMILES string of the molecule is Cc1cc(Oc2c(Cl)cc(N)cc2Cl)cn(C2CCCC2)c1=O. The molecule has 0 bridgehead atoms. The second kappa shape index (κ2) is 6.46. The van der Waals surface area contributed by atoms with E-state index in [9.17, 15) is 4.79 Å². The third-order valence-corrected chi connectivity index (χ3v) is 4.72. The highest BCUT2D eigenvalue weighted by Gasteiger charge is 2.20. The molecule has 23 heavy (non-hydrogen) atoms. The number of aryl methyl sites for hydroxylation is 1. The van der Waals surface area contributed by atoms with Gasteiger partial charge in [0.05, 0.1) is 16.2 Å². The van der Waals surface area contributed by atoms with Crippen LogP contribution in [0.1, 0.15) is 37.3 Å². The van der Waals surface area contributed by atoms with Crippen molar-refractivity contribution in [3.05, 3.63) is 50.4 Å². The van der Waals surface area contributed by atoms with Gasteiger partial charge in [0.2, 0.25) is 0 Å². The van der Waals surface area contributed by atoms with Gasteiger partial charge in [-0.1, -0.05) is 36.0 Å². The summed E-state index contributed by atoms with van der Waals surface area (Å²) in [6.07, 6.45) is 6.08. The zero-order valence-electron chi connectivity index (χ0n) is 12.8. The maximum absolute atomic E-state index is 12.4. The fraction of sp³-hybridized carbons (Fsp3) is 0.353. The molecule has 1 aliphatic rings. The van der Waals surface area contributed by atoms with Crippen LogP contribution in [0, 0.1) is 6.92 Å². The quantitative estimate of drug-likeness (QED) is 0.794. The van der Waals surface area contributed by atoms with Crippen molar-refractivity contribution in [2.45, 2.75) is 38.6 Å². The minimum absolute atomic E-state index is 0.0266. The predicted molar refractivity (Wildman–Crippen MR) is 93.9 cm³/mol. The van der Waals surface area contributed by atoms with E-state index in [0.717, 1.165) is 25.7 Å². The van der Waals surface area contributed by atoms with Crippen molar-refractivity contribution in [1.82, 2.24) is 4.57 Å². The van der Waals surface area contributed by atoms with Crippen molar-refractivity contribution in [3.63, 3.8) is 0 Å². The lowest BCUT2D eigenvalue weighted by Crippen LogP contribution is -2.24. The molecule has 0 unspecified atom stereocenters. The molecular weight excluding hydrogens is 335 g/mol. The van der Waals surface area contributed by atoms with Gasteiger partial charge in [0.15, 0.2) is 5.75 Å². The standard InChI is InChI=1S/C17H18Cl2N2O2/c1-10-6-13(9-21(17(10)22)12-4-2-3-5-12)23-16-14(18)7-11(20)8-15(16)19/h6-9,12H,2-5,20H2,1H3. The molecule has 4 nitrogen and oxygen atoms in total. The van der Waals surface area contributed by atoms with E-state index in [2.05, 4.69) is 0 Å². The van der Waals surface area contributed by atoms with Crippen molar-refractivity contribution in [3.8, 4) is 11.5 Å². The number of nitrogen functional groups attached to an aromatic ring is 1. The van der Waals surface area contributed by atoms with Crippen LogP contribution in [0.25, 0.3) is 0 Å². The molecule has 1 aromatic heterocycles. The van der Waals surface area contributed by atoms with Crippen molar-refractivity contribution in [1.29, 1.82) is 0 Å². The number of aromatic nitrogens is 1. The Labute approximate surface area is 144 Å². The summed E-state index contributed by atoms with van der Waals surface area (Å²) in [6, 6.07) is 5.12. The second-order valence-corrected chi connectivity index (χ2v) is 6.74. The minimum atomic E-state index is 0.0266. The molecule has 0 atom stereocenters. The molecule has 2 aromatic rings. The van der Waals surface area contributed by atoms with E-state index in [-0.39, 0.29) is 11.6 Å². The summed E-state index contributed by atoms with van der Waals surface area (Å²) in [5, 5.41) is 0.678. The molecule has 1 heterocycles. The second-order valence-electron chi connectivity index (χ2n) is 5.93. The lowest BCUT2D eigenvalue weighted by atomic mass is 10.2. The summed E-state index contributed by atoms with van der Waals surface area (Å²) >= 11 is 12.3. The Morgan fingerprint density at radius 2 is 1.78 bits per heavy atom. The smallest absolute Gasteiger partial charge is 0.253 e. The topological polar surface area (TPSA) is 57.2 Å². The third-order valence-electron chi connectivity index (χ3n) is 4.16. The molecular formula is C17H18Cl2N2O2. The largest absolute Gasteiger partial charge is 0.453 e. The van der Waals surface area contributed by atoms with Gasteiger partial charge in [-0.3, -0.25) is 4.79 Å². The molecule has 0 radical (unpaired) electrons. The number of benzene rings is 1. The van der Waals surface area contributed by atoms with E-state index < -0.39 is 0 Å². The first-order valence-corrected chi connectivity index (χ1v) is 8.36. The number of anilines is 1. The van der Waals surface area contributed by atoms with Gasteiger partial charge in [-0.25, -0.2) is 0 Å². The van der Waals surface area contributed by atoms with Crippen LogP contribution in [0.4, 0.5) is 5.69 Å². The number of nitrogens with two attached hydrogens (primary N) is 1. The summed E-state index contributed by atoms with van der Waals surface area (Å²) in [4.78, 5) is 12.4. The van der Waals surface area contributed by atoms with Gasteiger partial charge in [0, 0.05) is 17.3 Å². The van der Waals surface area contributed by atoms with Crippen LogP contribution < -0.4 is 16.0 Å². The first kappa shape index (κ1) is 16.2. The Morgan fingerprint density at radius 3 is 2.39 bits per heavy atom. The van der Waals surface area contributed by atoms with Gasteiger partial charge in [0.1, 0.15) is 5.75 Å². The number of hydrogen-bond acceptors (Lipinski definition) is 3. The fourth-order valence-corrected chi connectivity index (χ4v) is 3.60. The lowest BCUT2D eigenvalue weighted by molar-refractivity contribution is 0.450. The van der Waals surface area contributed by atoms with Gasteiger partial charge in [-0.2, -0.15) is 0 Å². The average Bonchev–Trinajstić information content (AvgIpc) is 3.00. The zero-order chi connectivity index (χ0) is 16.6. The van der Waals surface area contributed by atoms with Crippen molar-refractivity contribution in [2.24, 2.45) is 0 Å². The molecule has 0 spiro atoms. The van der Waals surface area contributed by atoms with Crippen molar-refractivity contribution < 1.29 is 4.74 Å². The Bertz CT molecular complexity index is 773. The first-order chi connectivity index (χ1) is 11.0. The third kappa shape index (κ3) is 3.33. The Morgan fingerprint density at radius 1 is 1.17 bits per heavy atom. The maximum atomic E-state index is 12.4. The number of hydrogen-bond donors (Lipinski definition) is 1. The predicted octanol–water partition coefficient (Wildman–Crippen LogP) is 4.95. The molecule has 122 valence electrons. The monoisotopic (exact) mass is 352 g/mol. The number of halogens is 2. The first-order valence-electron chi connectivity index (χ1n) is 7.61. The summed E-state index contributed by atoms with van der Waals surface area (Å²) in [6.45, 7) is 1.78. The van der Waals surface area contributed by atoms with Crippen molar-refractivity contribution >= 4 is 28.9 Å². The van der Waals surface area contributed by atoms with Gasteiger partial charge in [-0.05, 0) is 38.0 Å². The number of pyridine rings is 1. The van der Waals surface area contributed by atoms with Crippen LogP contribution in [0.2, 0.25) is 10.0 Å². The zero-order valence-corrected chi connectivity index (χ0v) is 14.3. The highest BCUT2D eigenvalue weighted by atomic mass is 35.5. The Kier molecular flexibility index (Phi) is 4.55. The summed E-state index contributed by atoms with van der Waals surface area (Å²) in [5.74, 6) is 0.890. The average molecular weight is 353 g/mol. The molecule has 1 aliphatic carbocycles. The fourth-order valence-electron chi connectivity index (χ4n) is 3.02. The van der Waals surface area contributed by atoms with E-state index >= 15 is 0 Å². The Balaban J connectivity index is 1.99. The van der Waals surface area contributed by atoms with E-state index in [1.54, 1.807) is 35.9 Å². The molecule has 1 aromatic carbocycles. The van der Waals surface area contributed by atoms with E-state index in [1.165, 1.54) is 0 Å². The lowest BCUT2D eigenvalue weighted by Gasteiger charge is -2.17. The summed E-state index contributed by atoms with van der Waals surface area (Å²) < 4.78 is 7.63. The van der Waals surface area contributed by atoms with Crippen LogP contribution >= 0.6 is 23.2 Å². The Hall–Kier alpha value is -1.65. The molecule has 0 saturated heterocycles. The van der Waals surface area contributed by atoms with Crippen LogP contribution in [0.15, 0.2) is 29.2 Å². The summed E-state index contributed by atoms with van der Waals surface area (Å²) in [7, 11) is 0. The number of rotatable bonds is 3. The molecule has 6 heteroatoms. The normalized spacial score (nSPS) is 15.1. The van der Waals surface area contributed by atoms with E-state index in [0.29, 0.717) is 32.8 Å². The molecule has 3 rings (SSSR count). The number of ether oxygens (including phenoxy) is 1. The molecule has 2 N–H and O–H groups in total. The molecule has 1 fully saturated rings. The molecule has 0 aliphatic heterocycles. The molecule has 0 amide bonds. The summed E-state index contributed by atoms with van der Waals surface area (Å²) in [5.41, 5.74) is 6.84. The maximum Gasteiger partial charge on any atom is 0.253 e. The van der Waals surface area contributed by atoms with Crippen LogP contribution in [0.5, 0.6) is 11.5 Å². The van der Waals surface area contributed by atoms with E-state index in [1.807, 2.05) is 0 Å². The van der Waals surface area contributed by atoms with Gasteiger partial charge >= 0.3 is 0 Å². The number of nitrogens with zero attached hydrogens (tertiary/aromatic N) is 1. The van der Waals surface area contributed by atoms with Crippen LogP contribution in [0.3, 0.4) is 0 Å². The highest BCUT2D eigenvalue weighted by Crippen LogP contribution is 2.38. The van der Waals surface area contributed by atoms with E-state index in [4.69, 9.17) is 33.7 Å². The molecule has 1 saturated carbocycles. The van der Waals surface area contributed by atoms with Crippen LogP contribution in [-0.2, 0) is 0 Å².